The van der Waals surface area contributed by atoms with Gasteiger partial charge in [0, 0.05) is 37.4 Å². The van der Waals surface area contributed by atoms with Crippen LogP contribution in [0.15, 0.2) is 4.79 Å². The van der Waals surface area contributed by atoms with E-state index < -0.39 is 0 Å². The number of nitrogens with one attached hydrogen (secondary N) is 3. The van der Waals surface area contributed by atoms with E-state index in [0.717, 1.165) is 69.0 Å². The Morgan fingerprint density at radius 2 is 2.26 bits per heavy atom. The van der Waals surface area contributed by atoms with Crippen molar-refractivity contribution in [2.45, 2.75) is 31.8 Å². The lowest BCUT2D eigenvalue weighted by molar-refractivity contribution is 0.120. The molecule has 1 saturated heterocycles. The molecular formula is C13H20N4O2. The maximum absolute atomic E-state index is 11.6. The second kappa shape index (κ2) is 5.71. The molecule has 1 fully saturated rings. The fraction of sp³-hybridized carbons (Fsp3) is 0.692. The van der Waals surface area contributed by atoms with Gasteiger partial charge in [-0.15, -0.1) is 0 Å². The van der Waals surface area contributed by atoms with Crippen LogP contribution >= 0.6 is 0 Å². The third-order valence-corrected chi connectivity index (χ3v) is 3.75. The van der Waals surface area contributed by atoms with Crippen molar-refractivity contribution in [2.24, 2.45) is 0 Å². The molecule has 1 unspecified atom stereocenters. The number of aromatic nitrogens is 2. The number of hydrogen-bond donors (Lipinski definition) is 3. The summed E-state index contributed by atoms with van der Waals surface area (Å²) in [5.41, 5.74) is 1.89. The number of aromatic amines is 1. The van der Waals surface area contributed by atoms with E-state index in [1.165, 1.54) is 0 Å². The van der Waals surface area contributed by atoms with Gasteiger partial charge in [0.25, 0.3) is 0 Å². The number of nitrogens with zero attached hydrogens (tertiary/aromatic N) is 1. The van der Waals surface area contributed by atoms with Crippen LogP contribution in [0, 0.1) is 0 Å². The summed E-state index contributed by atoms with van der Waals surface area (Å²) in [7, 11) is 0. The standard InChI is InChI=1S/C13H20N4O2/c18-13-16-11-4-6-14-5-3-10(11)12(17-13)15-8-9-2-1-7-19-9/h9,14H,1-8H2,(H2,15,16,17,18). The molecule has 0 spiro atoms. The number of ether oxygens (including phenoxy) is 1. The minimum absolute atomic E-state index is 0.251. The summed E-state index contributed by atoms with van der Waals surface area (Å²) < 4.78 is 5.59. The topological polar surface area (TPSA) is 79.0 Å². The largest absolute Gasteiger partial charge is 0.376 e. The number of fused-ring (bicyclic) bond motifs is 1. The summed E-state index contributed by atoms with van der Waals surface area (Å²) in [6.07, 6.45) is 4.20. The third kappa shape index (κ3) is 2.96. The quantitative estimate of drug-likeness (QED) is 0.719. The molecule has 0 aliphatic carbocycles. The minimum atomic E-state index is -0.268. The molecule has 0 saturated carbocycles. The van der Waals surface area contributed by atoms with Crippen molar-refractivity contribution in [1.29, 1.82) is 0 Å². The highest BCUT2D eigenvalue weighted by atomic mass is 16.5. The van der Waals surface area contributed by atoms with Gasteiger partial charge in [0.2, 0.25) is 0 Å². The molecule has 19 heavy (non-hydrogen) atoms. The Morgan fingerprint density at radius 3 is 3.11 bits per heavy atom. The molecule has 6 heteroatoms. The van der Waals surface area contributed by atoms with E-state index in [1.807, 2.05) is 0 Å². The summed E-state index contributed by atoms with van der Waals surface area (Å²) >= 11 is 0. The van der Waals surface area contributed by atoms with Crippen molar-refractivity contribution >= 4 is 5.82 Å². The van der Waals surface area contributed by atoms with E-state index in [4.69, 9.17) is 4.74 Å². The van der Waals surface area contributed by atoms with Crippen LogP contribution in [0.2, 0.25) is 0 Å². The van der Waals surface area contributed by atoms with Crippen LogP contribution in [0.1, 0.15) is 24.1 Å². The van der Waals surface area contributed by atoms with Crippen LogP contribution < -0.4 is 16.3 Å². The first-order valence-corrected chi connectivity index (χ1v) is 7.01. The van der Waals surface area contributed by atoms with E-state index in [0.29, 0.717) is 0 Å². The van der Waals surface area contributed by atoms with Crippen LogP contribution in [-0.2, 0) is 17.6 Å². The zero-order valence-corrected chi connectivity index (χ0v) is 11.0. The second-order valence-electron chi connectivity index (χ2n) is 5.11. The van der Waals surface area contributed by atoms with Crippen LogP contribution in [0.4, 0.5) is 5.82 Å². The molecule has 0 amide bonds. The first-order valence-electron chi connectivity index (χ1n) is 7.01. The Labute approximate surface area is 112 Å². The molecule has 1 aromatic rings. The lowest BCUT2D eigenvalue weighted by atomic mass is 10.1. The average Bonchev–Trinajstić information content (AvgIpc) is 2.80. The van der Waals surface area contributed by atoms with Crippen molar-refractivity contribution in [3.05, 3.63) is 21.7 Å². The number of hydrogen-bond acceptors (Lipinski definition) is 5. The highest BCUT2D eigenvalue weighted by Gasteiger charge is 2.18. The molecule has 0 aromatic carbocycles. The van der Waals surface area contributed by atoms with Gasteiger partial charge in [0.05, 0.1) is 6.10 Å². The Kier molecular flexibility index (Phi) is 3.79. The van der Waals surface area contributed by atoms with Crippen molar-refractivity contribution in [3.63, 3.8) is 0 Å². The molecule has 3 heterocycles. The van der Waals surface area contributed by atoms with Gasteiger partial charge in [0.15, 0.2) is 0 Å². The zero-order valence-electron chi connectivity index (χ0n) is 11.0. The van der Waals surface area contributed by atoms with Gasteiger partial charge in [-0.25, -0.2) is 4.79 Å². The van der Waals surface area contributed by atoms with Gasteiger partial charge in [-0.3, -0.25) is 0 Å². The molecule has 1 aromatic heterocycles. The maximum atomic E-state index is 11.6. The molecular weight excluding hydrogens is 244 g/mol. The molecule has 6 nitrogen and oxygen atoms in total. The highest BCUT2D eigenvalue weighted by molar-refractivity contribution is 5.46. The van der Waals surface area contributed by atoms with Crippen LogP contribution in [0.3, 0.4) is 0 Å². The normalized spacial score (nSPS) is 22.8. The number of anilines is 1. The Hall–Kier alpha value is -1.40. The van der Waals surface area contributed by atoms with E-state index in [9.17, 15) is 4.79 Å². The predicted octanol–water partition coefficient (Wildman–Crippen LogP) is 0.0490. The fourth-order valence-electron chi connectivity index (χ4n) is 2.74. The average molecular weight is 264 g/mol. The smallest absolute Gasteiger partial charge is 0.347 e. The monoisotopic (exact) mass is 264 g/mol. The summed E-state index contributed by atoms with van der Waals surface area (Å²) in [6, 6.07) is 0. The van der Waals surface area contributed by atoms with Crippen molar-refractivity contribution in [1.82, 2.24) is 15.3 Å². The summed E-state index contributed by atoms with van der Waals surface area (Å²) in [5, 5.41) is 6.64. The summed E-state index contributed by atoms with van der Waals surface area (Å²) in [5.74, 6) is 0.734. The van der Waals surface area contributed by atoms with Gasteiger partial charge in [-0.2, -0.15) is 4.98 Å². The molecule has 3 rings (SSSR count). The van der Waals surface area contributed by atoms with Gasteiger partial charge in [-0.1, -0.05) is 0 Å². The van der Waals surface area contributed by atoms with Gasteiger partial charge >= 0.3 is 5.69 Å². The first-order chi connectivity index (χ1) is 9.33. The Morgan fingerprint density at radius 1 is 1.37 bits per heavy atom. The molecule has 104 valence electrons. The summed E-state index contributed by atoms with van der Waals surface area (Å²) in [6.45, 7) is 3.40. The first kappa shape index (κ1) is 12.6. The zero-order chi connectivity index (χ0) is 13.1. The van der Waals surface area contributed by atoms with Gasteiger partial charge in [-0.05, 0) is 25.8 Å². The second-order valence-corrected chi connectivity index (χ2v) is 5.11. The number of rotatable bonds is 3. The molecule has 3 N–H and O–H groups in total. The van der Waals surface area contributed by atoms with Crippen LogP contribution in [0.25, 0.3) is 0 Å². The predicted molar refractivity (Wildman–Crippen MR) is 72.6 cm³/mol. The molecule has 0 bridgehead atoms. The fourth-order valence-corrected chi connectivity index (χ4v) is 2.74. The van der Waals surface area contributed by atoms with Crippen molar-refractivity contribution in [3.8, 4) is 0 Å². The molecule has 1 atom stereocenters. The third-order valence-electron chi connectivity index (χ3n) is 3.75. The Balaban J connectivity index is 1.79. The van der Waals surface area contributed by atoms with Crippen LogP contribution in [-0.4, -0.2) is 42.3 Å². The maximum Gasteiger partial charge on any atom is 0.347 e. The van der Waals surface area contributed by atoms with E-state index in [1.54, 1.807) is 0 Å². The van der Waals surface area contributed by atoms with E-state index in [-0.39, 0.29) is 11.8 Å². The van der Waals surface area contributed by atoms with Crippen LogP contribution in [0.5, 0.6) is 0 Å². The lowest BCUT2D eigenvalue weighted by Crippen LogP contribution is -2.24. The van der Waals surface area contributed by atoms with Crippen molar-refractivity contribution in [2.75, 3.05) is 31.6 Å². The van der Waals surface area contributed by atoms with E-state index >= 15 is 0 Å². The molecule has 2 aliphatic heterocycles. The minimum Gasteiger partial charge on any atom is -0.376 e. The SMILES string of the molecule is O=c1nc(NCC2CCCO2)c2c([nH]1)CCNCC2. The van der Waals surface area contributed by atoms with Gasteiger partial charge in [0.1, 0.15) is 5.82 Å². The highest BCUT2D eigenvalue weighted by Crippen LogP contribution is 2.18. The van der Waals surface area contributed by atoms with Gasteiger partial charge < -0.3 is 20.4 Å². The lowest BCUT2D eigenvalue weighted by Gasteiger charge is -2.15. The summed E-state index contributed by atoms with van der Waals surface area (Å²) in [4.78, 5) is 18.6. The Bertz CT molecular complexity index is 494. The van der Waals surface area contributed by atoms with E-state index in [2.05, 4.69) is 20.6 Å². The van der Waals surface area contributed by atoms with Crippen molar-refractivity contribution < 1.29 is 4.74 Å². The molecule has 0 radical (unpaired) electrons. The number of H-pyrrole nitrogens is 1. The molecule has 2 aliphatic rings.